The number of unbranched alkanes of at least 4 members (excludes halogenated alkanes) is 26. The van der Waals surface area contributed by atoms with Gasteiger partial charge < -0.3 is 34.3 Å². The molecule has 2 amide bonds. The van der Waals surface area contributed by atoms with Crippen LogP contribution >= 0.6 is 0 Å². The average Bonchev–Trinajstić information content (AvgIpc) is 3.17. The van der Waals surface area contributed by atoms with Crippen LogP contribution in [0, 0.1) is 0 Å². The fourth-order valence-electron chi connectivity index (χ4n) is 6.43. The number of ether oxygens (including phenoxy) is 5. The van der Waals surface area contributed by atoms with Gasteiger partial charge in [-0.1, -0.05) is 181 Å². The minimum atomic E-state index is -0.489. The zero-order chi connectivity index (χ0) is 39.3. The van der Waals surface area contributed by atoms with Gasteiger partial charge in [0.2, 0.25) is 0 Å². The number of nitrogens with one attached hydrogen (secondary N) is 3. The largest absolute Gasteiger partial charge is 0.450 e. The molecule has 10 heteroatoms. The molecule has 1 unspecified atom stereocenters. The van der Waals surface area contributed by atoms with E-state index >= 15 is 0 Å². The summed E-state index contributed by atoms with van der Waals surface area (Å²) in [6, 6.07) is -0.443. The molecule has 0 aromatic rings. The Bertz CT molecular complexity index is 762. The van der Waals surface area contributed by atoms with Gasteiger partial charge in [0.25, 0.3) is 0 Å². The summed E-state index contributed by atoms with van der Waals surface area (Å²) in [5.41, 5.74) is 0. The van der Waals surface area contributed by atoms with E-state index in [2.05, 4.69) is 29.8 Å². The highest BCUT2D eigenvalue weighted by molar-refractivity contribution is 5.69. The van der Waals surface area contributed by atoms with Crippen LogP contribution in [0.4, 0.5) is 9.59 Å². The summed E-state index contributed by atoms with van der Waals surface area (Å²) in [4.78, 5) is 25.0. The Kier molecular flexibility index (Phi) is 44.4. The van der Waals surface area contributed by atoms with Gasteiger partial charge in [0.15, 0.2) is 0 Å². The lowest BCUT2D eigenvalue weighted by atomic mass is 10.0. The van der Waals surface area contributed by atoms with E-state index in [4.69, 9.17) is 23.7 Å². The molecule has 0 radical (unpaired) electrons. The molecule has 0 spiro atoms. The number of alkyl carbamates (subject to hydrolysis) is 2. The maximum absolute atomic E-state index is 12.6. The molecular weight excluding hydrogens is 682 g/mol. The first-order valence-corrected chi connectivity index (χ1v) is 22.8. The molecule has 0 fully saturated rings. The van der Waals surface area contributed by atoms with Crippen LogP contribution in [0.1, 0.15) is 200 Å². The van der Waals surface area contributed by atoms with Gasteiger partial charge in [-0.3, -0.25) is 5.32 Å². The van der Waals surface area contributed by atoms with Crippen LogP contribution in [0.25, 0.3) is 0 Å². The SMILES string of the molecule is CCCCCCCCCCCCCCCCOC(=O)NCC(COCNCCCOCCOC)NC(=O)OCCCCCCCCCCCCCCCC. The van der Waals surface area contributed by atoms with Crippen molar-refractivity contribution in [1.82, 2.24) is 16.0 Å². The quantitative estimate of drug-likeness (QED) is 0.0414. The molecule has 0 aromatic carbocycles. The third-order valence-corrected chi connectivity index (χ3v) is 9.87. The first-order chi connectivity index (χ1) is 26.6. The van der Waals surface area contributed by atoms with Crippen molar-refractivity contribution in [2.24, 2.45) is 0 Å². The van der Waals surface area contributed by atoms with E-state index < -0.39 is 18.2 Å². The minimum absolute atomic E-state index is 0.193. The molecule has 10 nitrogen and oxygen atoms in total. The molecule has 0 aromatic heterocycles. The molecule has 0 saturated carbocycles. The number of hydrogen-bond donors (Lipinski definition) is 3. The van der Waals surface area contributed by atoms with Crippen LogP contribution in [0.15, 0.2) is 0 Å². The molecule has 0 bridgehead atoms. The fraction of sp³-hybridized carbons (Fsp3) is 0.955. The summed E-state index contributed by atoms with van der Waals surface area (Å²) >= 11 is 0. The molecule has 322 valence electrons. The van der Waals surface area contributed by atoms with E-state index in [1.54, 1.807) is 7.11 Å². The van der Waals surface area contributed by atoms with Gasteiger partial charge in [-0.2, -0.15) is 0 Å². The van der Waals surface area contributed by atoms with E-state index in [0.29, 0.717) is 39.8 Å². The topological polar surface area (TPSA) is 116 Å². The summed E-state index contributed by atoms with van der Waals surface area (Å²) in [6.45, 7) is 8.65. The van der Waals surface area contributed by atoms with Crippen molar-refractivity contribution in [2.45, 2.75) is 206 Å². The van der Waals surface area contributed by atoms with Gasteiger partial charge in [-0.15, -0.1) is 0 Å². The van der Waals surface area contributed by atoms with Crippen molar-refractivity contribution in [3.05, 3.63) is 0 Å². The number of methoxy groups -OCH3 is 1. The van der Waals surface area contributed by atoms with E-state index in [9.17, 15) is 9.59 Å². The van der Waals surface area contributed by atoms with Gasteiger partial charge in [0, 0.05) is 20.3 Å². The second-order valence-electron chi connectivity index (χ2n) is 15.2. The Balaban J connectivity index is 4.11. The van der Waals surface area contributed by atoms with Crippen molar-refractivity contribution in [3.8, 4) is 0 Å². The molecule has 3 N–H and O–H groups in total. The van der Waals surface area contributed by atoms with Crippen LogP contribution in [0.2, 0.25) is 0 Å². The monoisotopic (exact) mass is 772 g/mol. The predicted molar refractivity (Wildman–Crippen MR) is 224 cm³/mol. The zero-order valence-corrected chi connectivity index (χ0v) is 35.8. The fourth-order valence-corrected chi connectivity index (χ4v) is 6.43. The molecule has 0 aliphatic rings. The van der Waals surface area contributed by atoms with Gasteiger partial charge in [-0.25, -0.2) is 9.59 Å². The molecule has 0 saturated heterocycles. The Hall–Kier alpha value is -1.62. The highest BCUT2D eigenvalue weighted by Gasteiger charge is 2.15. The molecule has 1 atom stereocenters. The van der Waals surface area contributed by atoms with Gasteiger partial charge in [0.05, 0.1) is 45.8 Å². The summed E-state index contributed by atoms with van der Waals surface area (Å²) in [7, 11) is 1.66. The summed E-state index contributed by atoms with van der Waals surface area (Å²) in [5, 5.41) is 8.86. The van der Waals surface area contributed by atoms with Gasteiger partial charge >= 0.3 is 12.2 Å². The van der Waals surface area contributed by atoms with Crippen molar-refractivity contribution in [2.75, 3.05) is 66.6 Å². The average molecular weight is 772 g/mol. The van der Waals surface area contributed by atoms with Gasteiger partial charge in [-0.05, 0) is 25.8 Å². The van der Waals surface area contributed by atoms with Crippen LogP contribution < -0.4 is 16.0 Å². The summed E-state index contributed by atoms with van der Waals surface area (Å²) < 4.78 is 27.1. The van der Waals surface area contributed by atoms with Crippen LogP contribution in [0.3, 0.4) is 0 Å². The Morgan fingerprint density at radius 2 is 0.889 bits per heavy atom. The number of hydrogen-bond acceptors (Lipinski definition) is 8. The van der Waals surface area contributed by atoms with E-state index in [-0.39, 0.29) is 13.2 Å². The Morgan fingerprint density at radius 3 is 1.33 bits per heavy atom. The maximum atomic E-state index is 12.6. The highest BCUT2D eigenvalue weighted by atomic mass is 16.6. The molecule has 54 heavy (non-hydrogen) atoms. The maximum Gasteiger partial charge on any atom is 0.407 e. The standard InChI is InChI=1S/C44H89N3O7/c1-4-6-8-10-12-14-16-18-20-22-24-26-28-30-35-53-43(48)46-39-42(40-52-41-45-33-32-34-51-38-37-50-3)47-44(49)54-36-31-29-27-25-23-21-19-17-15-13-11-9-7-5-2/h42,45H,4-41H2,1-3H3,(H,46,48)(H,47,49). The zero-order valence-electron chi connectivity index (χ0n) is 35.8. The first kappa shape index (κ1) is 52.4. The number of carbonyl (C=O) groups excluding carboxylic acids is 2. The Morgan fingerprint density at radius 1 is 0.463 bits per heavy atom. The van der Waals surface area contributed by atoms with E-state index in [0.717, 1.165) is 38.6 Å². The molecule has 0 rings (SSSR count). The van der Waals surface area contributed by atoms with Crippen LogP contribution in [-0.2, 0) is 23.7 Å². The van der Waals surface area contributed by atoms with E-state index in [1.807, 2.05) is 0 Å². The lowest BCUT2D eigenvalue weighted by Crippen LogP contribution is -2.47. The van der Waals surface area contributed by atoms with Crippen molar-refractivity contribution in [1.29, 1.82) is 0 Å². The second kappa shape index (κ2) is 45.8. The number of carbonyl (C=O) groups is 2. The second-order valence-corrected chi connectivity index (χ2v) is 15.2. The van der Waals surface area contributed by atoms with Crippen molar-refractivity contribution >= 4 is 12.2 Å². The first-order valence-electron chi connectivity index (χ1n) is 22.8. The Labute approximate surface area is 333 Å². The molecule has 0 aliphatic carbocycles. The lowest BCUT2D eigenvalue weighted by Gasteiger charge is -2.19. The minimum Gasteiger partial charge on any atom is -0.450 e. The molecule has 0 aliphatic heterocycles. The molecule has 0 heterocycles. The summed E-state index contributed by atoms with van der Waals surface area (Å²) in [6.07, 6.45) is 35.9. The smallest absolute Gasteiger partial charge is 0.407 e. The van der Waals surface area contributed by atoms with Crippen LogP contribution in [-0.4, -0.2) is 84.8 Å². The summed E-state index contributed by atoms with van der Waals surface area (Å²) in [5.74, 6) is 0. The van der Waals surface area contributed by atoms with Gasteiger partial charge in [0.1, 0.15) is 0 Å². The van der Waals surface area contributed by atoms with Crippen LogP contribution in [0.5, 0.6) is 0 Å². The normalized spacial score (nSPS) is 11.8. The predicted octanol–water partition coefficient (Wildman–Crippen LogP) is 11.4. The van der Waals surface area contributed by atoms with Crippen molar-refractivity contribution < 1.29 is 33.3 Å². The third-order valence-electron chi connectivity index (χ3n) is 9.87. The third kappa shape index (κ3) is 43.1. The highest BCUT2D eigenvalue weighted by Crippen LogP contribution is 2.14. The number of rotatable bonds is 44. The lowest BCUT2D eigenvalue weighted by molar-refractivity contribution is 0.0648. The molecular formula is C44H89N3O7. The number of amides is 2. The van der Waals surface area contributed by atoms with E-state index in [1.165, 1.54) is 154 Å². The van der Waals surface area contributed by atoms with Crippen molar-refractivity contribution in [3.63, 3.8) is 0 Å².